The van der Waals surface area contributed by atoms with E-state index in [1.54, 1.807) is 0 Å². The summed E-state index contributed by atoms with van der Waals surface area (Å²) in [4.78, 5) is 0. The summed E-state index contributed by atoms with van der Waals surface area (Å²) in [5.41, 5.74) is 0. The third-order valence-electron chi connectivity index (χ3n) is 0.328. The minimum absolute atomic E-state index is 0. The molecule has 0 amide bonds. The second kappa shape index (κ2) is 15.7. The van der Waals surface area contributed by atoms with Crippen LogP contribution in [0.15, 0.2) is 0 Å². The zero-order valence-corrected chi connectivity index (χ0v) is 7.79. The number of halogens is 1. The van der Waals surface area contributed by atoms with Crippen LogP contribution in [0.1, 0.15) is 13.3 Å². The fourth-order valence-electron chi connectivity index (χ4n) is 0.133. The molecular formula is C6H5BrMg. The van der Waals surface area contributed by atoms with Crippen molar-refractivity contribution in [1.29, 1.82) is 0 Å². The predicted octanol–water partition coefficient (Wildman–Crippen LogP) is -2.39. The Balaban J connectivity index is -0.000000125. The molecular weight excluding hydrogens is 176 g/mol. The second-order valence-corrected chi connectivity index (χ2v) is 0.780. The Morgan fingerprint density at radius 2 is 2.00 bits per heavy atom. The first kappa shape index (κ1) is 15.8. The smallest absolute Gasteiger partial charge is 1.00 e. The molecule has 0 fully saturated rings. The van der Waals surface area contributed by atoms with Crippen molar-refractivity contribution in [1.82, 2.24) is 0 Å². The maximum atomic E-state index is 6.28. The average Bonchev–Trinajstić information content (AvgIpc) is 1.61. The standard InChI is InChI=1S/C6H5.BrH.Mg/c1-3-5-6-4-2;;/h3H2,1H3;1H;/q-1;;+2/p-1. The second-order valence-electron chi connectivity index (χ2n) is 0.780. The van der Waals surface area contributed by atoms with Gasteiger partial charge in [-0.2, -0.15) is 0 Å². The summed E-state index contributed by atoms with van der Waals surface area (Å²) in [6, 6.07) is 0. The number of hydrogen-bond donors (Lipinski definition) is 0. The Labute approximate surface area is 77.3 Å². The Kier molecular flexibility index (Phi) is 30.9. The van der Waals surface area contributed by atoms with E-state index < -0.39 is 0 Å². The van der Waals surface area contributed by atoms with Gasteiger partial charge in [0.2, 0.25) is 0 Å². The van der Waals surface area contributed by atoms with E-state index in [1.807, 2.05) is 12.8 Å². The molecule has 0 aromatic heterocycles. The molecule has 0 aromatic carbocycles. The van der Waals surface area contributed by atoms with Gasteiger partial charge in [-0.1, -0.05) is 6.92 Å². The molecule has 0 atom stereocenters. The van der Waals surface area contributed by atoms with Crippen molar-refractivity contribution in [3.05, 3.63) is 6.42 Å². The van der Waals surface area contributed by atoms with Crippen LogP contribution >= 0.6 is 0 Å². The van der Waals surface area contributed by atoms with E-state index in [0.29, 0.717) is 0 Å². The molecule has 0 aromatic rings. The number of rotatable bonds is 0. The van der Waals surface area contributed by atoms with Gasteiger partial charge >= 0.3 is 23.1 Å². The van der Waals surface area contributed by atoms with E-state index in [-0.39, 0.29) is 40.0 Å². The van der Waals surface area contributed by atoms with Gasteiger partial charge in [0.25, 0.3) is 0 Å². The molecule has 0 aliphatic rings. The summed E-state index contributed by atoms with van der Waals surface area (Å²) in [5.74, 6) is 6.97. The molecule has 0 bridgehead atoms. The van der Waals surface area contributed by atoms with E-state index in [2.05, 4.69) is 11.8 Å². The number of hydrogen-bond acceptors (Lipinski definition) is 0. The van der Waals surface area contributed by atoms with Gasteiger partial charge in [-0.05, 0) is 6.42 Å². The van der Waals surface area contributed by atoms with Crippen LogP contribution in [0.4, 0.5) is 0 Å². The van der Waals surface area contributed by atoms with Crippen LogP contribution in [-0.2, 0) is 0 Å². The predicted molar refractivity (Wildman–Crippen MR) is 31.0 cm³/mol. The van der Waals surface area contributed by atoms with Crippen molar-refractivity contribution >= 4 is 23.1 Å². The quantitative estimate of drug-likeness (QED) is 0.222. The van der Waals surface area contributed by atoms with Crippen LogP contribution < -0.4 is 17.0 Å². The molecule has 0 radical (unpaired) electrons. The third kappa shape index (κ3) is 16.2. The molecule has 0 spiro atoms. The van der Waals surface area contributed by atoms with Gasteiger partial charge in [-0.3, -0.25) is 11.8 Å². The Morgan fingerprint density at radius 3 is 2.12 bits per heavy atom. The van der Waals surface area contributed by atoms with Crippen LogP contribution in [-0.4, -0.2) is 23.1 Å². The molecule has 0 rings (SSSR count). The van der Waals surface area contributed by atoms with Gasteiger partial charge in [0.1, 0.15) is 0 Å². The maximum absolute atomic E-state index is 6.28. The molecule has 38 valence electrons. The molecule has 2 heteroatoms. The SMILES string of the molecule is [Br-].[C-]#CC#CCC.[Mg+2]. The summed E-state index contributed by atoms with van der Waals surface area (Å²) in [5, 5.41) is 0. The van der Waals surface area contributed by atoms with Gasteiger partial charge in [-0.25, -0.2) is 5.92 Å². The van der Waals surface area contributed by atoms with Gasteiger partial charge in [0.05, 0.1) is 0 Å². The van der Waals surface area contributed by atoms with Crippen LogP contribution in [0, 0.1) is 24.2 Å². The Bertz CT molecular complexity index is 113. The molecule has 0 nitrogen and oxygen atoms in total. The molecule has 0 unspecified atom stereocenters. The fraction of sp³-hybridized carbons (Fsp3) is 0.333. The molecule has 0 saturated heterocycles. The zero-order chi connectivity index (χ0) is 4.83. The summed E-state index contributed by atoms with van der Waals surface area (Å²) in [6.45, 7) is 1.93. The van der Waals surface area contributed by atoms with E-state index in [0.717, 1.165) is 6.42 Å². The van der Waals surface area contributed by atoms with E-state index >= 15 is 0 Å². The van der Waals surface area contributed by atoms with E-state index in [9.17, 15) is 0 Å². The monoisotopic (exact) mass is 180 g/mol. The first-order valence-corrected chi connectivity index (χ1v) is 1.81. The van der Waals surface area contributed by atoms with Crippen molar-refractivity contribution in [2.24, 2.45) is 0 Å². The first-order valence-electron chi connectivity index (χ1n) is 1.81. The molecule has 0 N–H and O–H groups in total. The van der Waals surface area contributed by atoms with Crippen LogP contribution in [0.5, 0.6) is 0 Å². The molecule has 8 heavy (non-hydrogen) atoms. The topological polar surface area (TPSA) is 0 Å². The molecule has 0 aliphatic heterocycles. The van der Waals surface area contributed by atoms with E-state index in [1.165, 1.54) is 0 Å². The van der Waals surface area contributed by atoms with Crippen molar-refractivity contribution in [2.75, 3.05) is 0 Å². The third-order valence-corrected chi connectivity index (χ3v) is 0.328. The van der Waals surface area contributed by atoms with Crippen molar-refractivity contribution in [3.63, 3.8) is 0 Å². The largest absolute Gasteiger partial charge is 2.00 e. The first-order chi connectivity index (χ1) is 2.91. The van der Waals surface area contributed by atoms with Crippen molar-refractivity contribution in [2.45, 2.75) is 13.3 Å². The molecule has 0 saturated carbocycles. The minimum Gasteiger partial charge on any atom is -1.00 e. The Hall–Kier alpha value is 0.366. The molecule has 0 heterocycles. The fourth-order valence-corrected chi connectivity index (χ4v) is 0.133. The van der Waals surface area contributed by atoms with Gasteiger partial charge in [0, 0.05) is 0 Å². The van der Waals surface area contributed by atoms with E-state index in [4.69, 9.17) is 6.42 Å². The van der Waals surface area contributed by atoms with Crippen LogP contribution in [0.2, 0.25) is 0 Å². The van der Waals surface area contributed by atoms with Crippen LogP contribution in [0.3, 0.4) is 0 Å². The van der Waals surface area contributed by atoms with Gasteiger partial charge in [-0.15, -0.1) is 0 Å². The maximum Gasteiger partial charge on any atom is 2.00 e. The summed E-state index contributed by atoms with van der Waals surface area (Å²) in [6.07, 6.45) is 7.09. The summed E-state index contributed by atoms with van der Waals surface area (Å²) >= 11 is 0. The van der Waals surface area contributed by atoms with Crippen molar-refractivity contribution < 1.29 is 17.0 Å². The minimum atomic E-state index is 0. The van der Waals surface area contributed by atoms with Gasteiger partial charge in [0.15, 0.2) is 0 Å². The van der Waals surface area contributed by atoms with Crippen LogP contribution in [0.25, 0.3) is 0 Å². The average molecular weight is 181 g/mol. The van der Waals surface area contributed by atoms with Gasteiger partial charge < -0.3 is 23.4 Å². The Morgan fingerprint density at radius 1 is 1.50 bits per heavy atom. The van der Waals surface area contributed by atoms with Crippen molar-refractivity contribution in [3.8, 4) is 17.8 Å². The zero-order valence-electron chi connectivity index (χ0n) is 4.79. The summed E-state index contributed by atoms with van der Waals surface area (Å²) in [7, 11) is 0. The normalized spacial score (nSPS) is 3.50. The summed E-state index contributed by atoms with van der Waals surface area (Å²) < 4.78 is 0. The molecule has 0 aliphatic carbocycles.